The summed E-state index contributed by atoms with van der Waals surface area (Å²) in [6.45, 7) is 6.39. The van der Waals surface area contributed by atoms with E-state index in [9.17, 15) is 0 Å². The van der Waals surface area contributed by atoms with E-state index in [2.05, 4.69) is 54.8 Å². The van der Waals surface area contributed by atoms with E-state index >= 15 is 0 Å². The molecular formula is C18H20N2O2. The predicted molar refractivity (Wildman–Crippen MR) is 88.2 cm³/mol. The van der Waals surface area contributed by atoms with Gasteiger partial charge in [0, 0.05) is 6.54 Å². The molecule has 0 fully saturated rings. The van der Waals surface area contributed by atoms with Gasteiger partial charge in [-0.1, -0.05) is 12.1 Å². The maximum atomic E-state index is 5.94. The van der Waals surface area contributed by atoms with Crippen molar-refractivity contribution < 1.29 is 9.47 Å². The third-order valence-electron chi connectivity index (χ3n) is 4.24. The number of fused-ring (bicyclic) bond motifs is 2. The van der Waals surface area contributed by atoms with Crippen LogP contribution in [-0.2, 0) is 0 Å². The molecule has 0 spiro atoms. The maximum Gasteiger partial charge on any atom is 0.145 e. The summed E-state index contributed by atoms with van der Waals surface area (Å²) < 4.78 is 11.7. The first-order valence-corrected chi connectivity index (χ1v) is 7.72. The fraction of sp³-hybridized carbons (Fsp3) is 0.333. The van der Waals surface area contributed by atoms with E-state index in [-0.39, 0.29) is 6.04 Å². The van der Waals surface area contributed by atoms with Gasteiger partial charge in [0.1, 0.15) is 24.7 Å². The number of ether oxygens (including phenoxy) is 2. The minimum absolute atomic E-state index is 0.155. The van der Waals surface area contributed by atoms with Crippen molar-refractivity contribution in [3.63, 3.8) is 0 Å². The second kappa shape index (κ2) is 5.13. The Bertz CT molecular complexity index is 727. The summed E-state index contributed by atoms with van der Waals surface area (Å²) in [6, 6.07) is 10.8. The molecule has 4 heteroatoms. The average Bonchev–Trinajstić information content (AvgIpc) is 2.54. The molecule has 114 valence electrons. The highest BCUT2D eigenvalue weighted by Crippen LogP contribution is 2.38. The number of rotatable bonds is 1. The summed E-state index contributed by atoms with van der Waals surface area (Å²) in [5.74, 6) is 1.91. The fourth-order valence-corrected chi connectivity index (χ4v) is 3.11. The Morgan fingerprint density at radius 2 is 1.95 bits per heavy atom. The minimum atomic E-state index is 0.155. The van der Waals surface area contributed by atoms with E-state index < -0.39 is 0 Å². The summed E-state index contributed by atoms with van der Waals surface area (Å²) in [6.07, 6.45) is 0. The molecule has 0 saturated heterocycles. The van der Waals surface area contributed by atoms with Gasteiger partial charge >= 0.3 is 0 Å². The van der Waals surface area contributed by atoms with Crippen LogP contribution in [0, 0.1) is 13.8 Å². The Labute approximate surface area is 130 Å². The predicted octanol–water partition coefficient (Wildman–Crippen LogP) is 3.65. The van der Waals surface area contributed by atoms with Gasteiger partial charge in [0.2, 0.25) is 0 Å². The van der Waals surface area contributed by atoms with E-state index in [1.165, 1.54) is 11.1 Å². The molecule has 4 rings (SSSR count). The zero-order chi connectivity index (χ0) is 15.1. The number of nitrogens with one attached hydrogen (secondary N) is 2. The molecule has 2 heterocycles. The van der Waals surface area contributed by atoms with Gasteiger partial charge in [0.15, 0.2) is 0 Å². The van der Waals surface area contributed by atoms with E-state index in [1.807, 2.05) is 0 Å². The van der Waals surface area contributed by atoms with Crippen LogP contribution in [-0.4, -0.2) is 19.8 Å². The lowest BCUT2D eigenvalue weighted by molar-refractivity contribution is 0.286. The smallest absolute Gasteiger partial charge is 0.145 e. The Kier molecular flexibility index (Phi) is 3.10. The molecule has 2 aliphatic rings. The highest BCUT2D eigenvalue weighted by Gasteiger charge is 2.23. The van der Waals surface area contributed by atoms with Crippen LogP contribution < -0.4 is 20.1 Å². The zero-order valence-corrected chi connectivity index (χ0v) is 12.9. The molecular weight excluding hydrogens is 276 g/mol. The Balaban J connectivity index is 1.66. The molecule has 0 aromatic heterocycles. The standard InChI is InChI=1S/C18H20N2O2/c1-11-3-4-14-17(7-11)22-10-16(20-14)13-8-12(2)18-15(9-13)19-5-6-21-18/h3-4,7-9,16,19-20H,5-6,10H2,1-2H3. The van der Waals surface area contributed by atoms with Crippen molar-refractivity contribution in [1.82, 2.24) is 0 Å². The fourth-order valence-electron chi connectivity index (χ4n) is 3.11. The second-order valence-corrected chi connectivity index (χ2v) is 6.00. The number of anilines is 2. The molecule has 2 N–H and O–H groups in total. The molecule has 0 bridgehead atoms. The van der Waals surface area contributed by atoms with E-state index in [4.69, 9.17) is 9.47 Å². The number of benzene rings is 2. The third-order valence-corrected chi connectivity index (χ3v) is 4.24. The molecule has 0 radical (unpaired) electrons. The third kappa shape index (κ3) is 2.25. The van der Waals surface area contributed by atoms with Gasteiger partial charge in [0.05, 0.1) is 17.4 Å². The largest absolute Gasteiger partial charge is 0.489 e. The van der Waals surface area contributed by atoms with Crippen LogP contribution in [0.2, 0.25) is 0 Å². The van der Waals surface area contributed by atoms with Gasteiger partial charge in [-0.15, -0.1) is 0 Å². The van der Waals surface area contributed by atoms with Gasteiger partial charge < -0.3 is 20.1 Å². The first-order chi connectivity index (χ1) is 10.7. The quantitative estimate of drug-likeness (QED) is 0.843. The van der Waals surface area contributed by atoms with Gasteiger partial charge in [-0.25, -0.2) is 0 Å². The van der Waals surface area contributed by atoms with Crippen molar-refractivity contribution >= 4 is 11.4 Å². The van der Waals surface area contributed by atoms with Crippen molar-refractivity contribution in [2.45, 2.75) is 19.9 Å². The monoisotopic (exact) mass is 296 g/mol. The lowest BCUT2D eigenvalue weighted by Crippen LogP contribution is -2.25. The molecule has 1 atom stereocenters. The van der Waals surface area contributed by atoms with Crippen LogP contribution >= 0.6 is 0 Å². The van der Waals surface area contributed by atoms with E-state index in [1.54, 1.807) is 0 Å². The van der Waals surface area contributed by atoms with Crippen molar-refractivity contribution in [3.05, 3.63) is 47.0 Å². The summed E-state index contributed by atoms with van der Waals surface area (Å²) >= 11 is 0. The van der Waals surface area contributed by atoms with Crippen LogP contribution in [0.15, 0.2) is 30.3 Å². The first kappa shape index (κ1) is 13.3. The topological polar surface area (TPSA) is 42.5 Å². The van der Waals surface area contributed by atoms with Crippen LogP contribution in [0.4, 0.5) is 11.4 Å². The lowest BCUT2D eigenvalue weighted by Gasteiger charge is -2.30. The molecule has 22 heavy (non-hydrogen) atoms. The first-order valence-electron chi connectivity index (χ1n) is 7.72. The normalized spacial score (nSPS) is 18.9. The van der Waals surface area contributed by atoms with E-state index in [0.29, 0.717) is 6.61 Å². The molecule has 2 aliphatic heterocycles. The SMILES string of the molecule is Cc1ccc2c(c1)OCC(c1cc(C)c3c(c1)NCCO3)N2. The second-order valence-electron chi connectivity index (χ2n) is 6.00. The highest BCUT2D eigenvalue weighted by molar-refractivity contribution is 5.65. The summed E-state index contributed by atoms with van der Waals surface area (Å²) in [5.41, 5.74) is 5.74. The Hall–Kier alpha value is -2.36. The van der Waals surface area contributed by atoms with Crippen LogP contribution in [0.5, 0.6) is 11.5 Å². The minimum Gasteiger partial charge on any atom is -0.489 e. The zero-order valence-electron chi connectivity index (χ0n) is 12.9. The van der Waals surface area contributed by atoms with Gasteiger partial charge in [-0.05, 0) is 48.7 Å². The van der Waals surface area contributed by atoms with Crippen molar-refractivity contribution in [2.24, 2.45) is 0 Å². The summed E-state index contributed by atoms with van der Waals surface area (Å²) in [4.78, 5) is 0. The van der Waals surface area contributed by atoms with Crippen LogP contribution in [0.25, 0.3) is 0 Å². The van der Waals surface area contributed by atoms with Crippen LogP contribution in [0.3, 0.4) is 0 Å². The summed E-state index contributed by atoms with van der Waals surface area (Å²) in [7, 11) is 0. The Morgan fingerprint density at radius 3 is 2.86 bits per heavy atom. The Morgan fingerprint density at radius 1 is 1.05 bits per heavy atom. The number of hydrogen-bond acceptors (Lipinski definition) is 4. The van der Waals surface area contributed by atoms with Crippen molar-refractivity contribution in [2.75, 3.05) is 30.4 Å². The highest BCUT2D eigenvalue weighted by atomic mass is 16.5. The molecule has 1 unspecified atom stereocenters. The lowest BCUT2D eigenvalue weighted by atomic mass is 10.0. The average molecular weight is 296 g/mol. The molecule has 2 aromatic carbocycles. The molecule has 0 saturated carbocycles. The van der Waals surface area contributed by atoms with Gasteiger partial charge in [-0.3, -0.25) is 0 Å². The van der Waals surface area contributed by atoms with Gasteiger partial charge in [0.25, 0.3) is 0 Å². The maximum absolute atomic E-state index is 5.94. The molecule has 4 nitrogen and oxygen atoms in total. The van der Waals surface area contributed by atoms with Crippen molar-refractivity contribution in [1.29, 1.82) is 0 Å². The number of aryl methyl sites for hydroxylation is 2. The molecule has 0 aliphatic carbocycles. The van der Waals surface area contributed by atoms with Crippen LogP contribution in [0.1, 0.15) is 22.7 Å². The number of hydrogen-bond donors (Lipinski definition) is 2. The van der Waals surface area contributed by atoms with Crippen molar-refractivity contribution in [3.8, 4) is 11.5 Å². The molecule has 2 aromatic rings. The molecule has 0 amide bonds. The summed E-state index contributed by atoms with van der Waals surface area (Å²) in [5, 5.41) is 7.00. The van der Waals surface area contributed by atoms with Gasteiger partial charge in [-0.2, -0.15) is 0 Å². The van der Waals surface area contributed by atoms with E-state index in [0.717, 1.165) is 41.6 Å².